The molecule has 70 valence electrons. The van der Waals surface area contributed by atoms with Crippen molar-refractivity contribution in [3.8, 4) is 12.1 Å². The summed E-state index contributed by atoms with van der Waals surface area (Å²) >= 11 is 0. The summed E-state index contributed by atoms with van der Waals surface area (Å²) in [6.45, 7) is 3.73. The van der Waals surface area contributed by atoms with E-state index in [1.807, 2.05) is 38.1 Å². The maximum absolute atomic E-state index is 9.01. The number of benzene rings is 1. The predicted octanol–water partition coefficient (Wildman–Crippen LogP) is 2.55. The topological polar surface area (TPSA) is 47.6 Å². The molecule has 0 aliphatic heterocycles. The highest BCUT2D eigenvalue weighted by atomic mass is 14.3. The van der Waals surface area contributed by atoms with Gasteiger partial charge in [0, 0.05) is 0 Å². The van der Waals surface area contributed by atoms with Gasteiger partial charge in [0.1, 0.15) is 0 Å². The normalized spacial score (nSPS) is 10.3. The first kappa shape index (κ1) is 10.3. The molecule has 0 N–H and O–H groups in total. The van der Waals surface area contributed by atoms with Gasteiger partial charge in [0.15, 0.2) is 0 Å². The molecule has 0 atom stereocenters. The van der Waals surface area contributed by atoms with E-state index in [-0.39, 0.29) is 0 Å². The highest BCUT2D eigenvalue weighted by Crippen LogP contribution is 2.25. The lowest BCUT2D eigenvalue weighted by Crippen LogP contribution is -2.16. The zero-order valence-electron chi connectivity index (χ0n) is 8.41. The summed E-state index contributed by atoms with van der Waals surface area (Å²) in [4.78, 5) is 0. The molecule has 1 aromatic rings. The van der Waals surface area contributed by atoms with Crippen LogP contribution in [0.4, 0.5) is 0 Å². The molecule has 0 aliphatic carbocycles. The molecule has 0 radical (unpaired) electrons. The van der Waals surface area contributed by atoms with E-state index in [4.69, 9.17) is 10.5 Å². The average Bonchev–Trinajstić information content (AvgIpc) is 2.19. The Morgan fingerprint density at radius 3 is 2.43 bits per heavy atom. The van der Waals surface area contributed by atoms with Crippen LogP contribution in [0.2, 0.25) is 0 Å². The Labute approximate surface area is 84.4 Å². The molecule has 14 heavy (non-hydrogen) atoms. The first-order valence-electron chi connectivity index (χ1n) is 4.48. The third-order valence-electron chi connectivity index (χ3n) is 2.24. The maximum atomic E-state index is 9.01. The van der Waals surface area contributed by atoms with Crippen LogP contribution in [0.25, 0.3) is 0 Å². The van der Waals surface area contributed by atoms with Crippen LogP contribution in [0, 0.1) is 22.7 Å². The molecule has 0 amide bonds. The standard InChI is InChI=1S/C12H12N2/c1-12(2,9-14)11-6-4-3-5-10(11)7-8-13/h3-6H,7H2,1-2H3. The van der Waals surface area contributed by atoms with E-state index < -0.39 is 5.41 Å². The monoisotopic (exact) mass is 184 g/mol. The van der Waals surface area contributed by atoms with Gasteiger partial charge in [-0.15, -0.1) is 0 Å². The van der Waals surface area contributed by atoms with Crippen LogP contribution in [0.1, 0.15) is 25.0 Å². The van der Waals surface area contributed by atoms with Crippen LogP contribution in [0.3, 0.4) is 0 Å². The van der Waals surface area contributed by atoms with Crippen LogP contribution in [0.15, 0.2) is 24.3 Å². The van der Waals surface area contributed by atoms with Gasteiger partial charge in [0.2, 0.25) is 0 Å². The molecule has 1 rings (SSSR count). The zero-order chi connectivity index (χ0) is 10.6. The summed E-state index contributed by atoms with van der Waals surface area (Å²) in [6.07, 6.45) is 0.362. The number of hydrogen-bond donors (Lipinski definition) is 0. The summed E-state index contributed by atoms with van der Waals surface area (Å²) in [7, 11) is 0. The molecule has 0 saturated carbocycles. The Balaban J connectivity index is 3.23. The number of rotatable bonds is 2. The van der Waals surface area contributed by atoms with Crippen LogP contribution in [0.5, 0.6) is 0 Å². The second-order valence-corrected chi connectivity index (χ2v) is 3.73. The van der Waals surface area contributed by atoms with E-state index in [1.165, 1.54) is 0 Å². The molecular formula is C12H12N2. The Kier molecular flexibility index (Phi) is 2.89. The van der Waals surface area contributed by atoms with Crippen molar-refractivity contribution in [1.29, 1.82) is 10.5 Å². The minimum absolute atomic E-state index is 0.362. The second kappa shape index (κ2) is 3.94. The molecule has 0 unspecified atom stereocenters. The summed E-state index contributed by atoms with van der Waals surface area (Å²) in [5.74, 6) is 0. The quantitative estimate of drug-likeness (QED) is 0.709. The largest absolute Gasteiger partial charge is 0.198 e. The average molecular weight is 184 g/mol. The summed E-state index contributed by atoms with van der Waals surface area (Å²) < 4.78 is 0. The molecule has 2 nitrogen and oxygen atoms in total. The van der Waals surface area contributed by atoms with E-state index in [9.17, 15) is 0 Å². The SMILES string of the molecule is CC(C)(C#N)c1ccccc1CC#N. The van der Waals surface area contributed by atoms with Gasteiger partial charge in [-0.1, -0.05) is 24.3 Å². The lowest BCUT2D eigenvalue weighted by Gasteiger charge is -2.18. The molecule has 0 spiro atoms. The van der Waals surface area contributed by atoms with E-state index in [1.54, 1.807) is 0 Å². The van der Waals surface area contributed by atoms with Crippen molar-refractivity contribution < 1.29 is 0 Å². The Morgan fingerprint density at radius 1 is 1.21 bits per heavy atom. The first-order chi connectivity index (χ1) is 6.61. The van der Waals surface area contributed by atoms with Crippen molar-refractivity contribution in [2.24, 2.45) is 0 Å². The summed E-state index contributed by atoms with van der Waals surface area (Å²) in [5.41, 5.74) is 1.37. The molecule has 0 saturated heterocycles. The van der Waals surface area contributed by atoms with E-state index in [0.717, 1.165) is 11.1 Å². The van der Waals surface area contributed by atoms with E-state index >= 15 is 0 Å². The van der Waals surface area contributed by atoms with Crippen LogP contribution in [-0.2, 0) is 11.8 Å². The van der Waals surface area contributed by atoms with Gasteiger partial charge in [0.05, 0.1) is 24.0 Å². The van der Waals surface area contributed by atoms with Gasteiger partial charge in [-0.05, 0) is 25.0 Å². The minimum Gasteiger partial charge on any atom is -0.198 e. The third kappa shape index (κ3) is 1.92. The van der Waals surface area contributed by atoms with Gasteiger partial charge in [0.25, 0.3) is 0 Å². The second-order valence-electron chi connectivity index (χ2n) is 3.73. The van der Waals surface area contributed by atoms with Crippen molar-refractivity contribution in [3.63, 3.8) is 0 Å². The fourth-order valence-electron chi connectivity index (χ4n) is 1.43. The van der Waals surface area contributed by atoms with Gasteiger partial charge in [-0.3, -0.25) is 0 Å². The van der Waals surface area contributed by atoms with E-state index in [2.05, 4.69) is 12.1 Å². The first-order valence-corrected chi connectivity index (χ1v) is 4.48. The molecule has 2 heteroatoms. The molecule has 0 aliphatic rings. The molecule has 1 aromatic carbocycles. The Hall–Kier alpha value is -1.80. The summed E-state index contributed by atoms with van der Waals surface area (Å²) in [6, 6.07) is 12.0. The van der Waals surface area contributed by atoms with Crippen molar-refractivity contribution in [2.45, 2.75) is 25.7 Å². The third-order valence-corrected chi connectivity index (χ3v) is 2.24. The minimum atomic E-state index is -0.520. The van der Waals surface area contributed by atoms with Crippen LogP contribution in [-0.4, -0.2) is 0 Å². The van der Waals surface area contributed by atoms with Crippen molar-refractivity contribution in [3.05, 3.63) is 35.4 Å². The lowest BCUT2D eigenvalue weighted by atomic mass is 9.82. The van der Waals surface area contributed by atoms with Crippen LogP contribution < -0.4 is 0 Å². The molecule has 0 fully saturated rings. The Morgan fingerprint density at radius 2 is 1.86 bits per heavy atom. The number of nitrogens with zero attached hydrogens (tertiary/aromatic N) is 2. The zero-order valence-corrected chi connectivity index (χ0v) is 8.41. The molecular weight excluding hydrogens is 172 g/mol. The van der Waals surface area contributed by atoms with Gasteiger partial charge in [-0.2, -0.15) is 10.5 Å². The summed E-state index contributed by atoms with van der Waals surface area (Å²) in [5, 5.41) is 17.7. The van der Waals surface area contributed by atoms with Crippen molar-refractivity contribution in [2.75, 3.05) is 0 Å². The van der Waals surface area contributed by atoms with E-state index in [0.29, 0.717) is 6.42 Å². The van der Waals surface area contributed by atoms with Gasteiger partial charge >= 0.3 is 0 Å². The van der Waals surface area contributed by atoms with Gasteiger partial charge in [-0.25, -0.2) is 0 Å². The van der Waals surface area contributed by atoms with Gasteiger partial charge < -0.3 is 0 Å². The number of nitriles is 2. The Bertz CT molecular complexity index is 405. The van der Waals surface area contributed by atoms with Crippen LogP contribution >= 0.6 is 0 Å². The fraction of sp³-hybridized carbons (Fsp3) is 0.333. The molecule has 0 aromatic heterocycles. The smallest absolute Gasteiger partial charge is 0.0769 e. The maximum Gasteiger partial charge on any atom is 0.0769 e. The number of hydrogen-bond acceptors (Lipinski definition) is 2. The molecule has 0 bridgehead atoms. The van der Waals surface area contributed by atoms with Crippen molar-refractivity contribution in [1.82, 2.24) is 0 Å². The highest BCUT2D eigenvalue weighted by Gasteiger charge is 2.22. The van der Waals surface area contributed by atoms with Crippen molar-refractivity contribution >= 4 is 0 Å². The highest BCUT2D eigenvalue weighted by molar-refractivity contribution is 5.38. The fourth-order valence-corrected chi connectivity index (χ4v) is 1.43. The predicted molar refractivity (Wildman–Crippen MR) is 54.4 cm³/mol. The lowest BCUT2D eigenvalue weighted by molar-refractivity contribution is 0.679. The molecule has 0 heterocycles.